The Bertz CT molecular complexity index is 481. The molecule has 0 amide bonds. The fourth-order valence-electron chi connectivity index (χ4n) is 1.55. The second-order valence-electron chi connectivity index (χ2n) is 3.81. The maximum Gasteiger partial charge on any atom is 0.214 e. The van der Waals surface area contributed by atoms with Crippen LogP contribution in [0, 0.1) is 5.95 Å². The molecule has 2 heterocycles. The van der Waals surface area contributed by atoms with Crippen LogP contribution in [0.1, 0.15) is 18.9 Å². The van der Waals surface area contributed by atoms with E-state index in [0.29, 0.717) is 12.4 Å². The lowest BCUT2D eigenvalue weighted by atomic mass is 10.3. The molecule has 1 N–H and O–H groups in total. The van der Waals surface area contributed by atoms with Gasteiger partial charge in [-0.15, -0.1) is 0 Å². The lowest BCUT2D eigenvalue weighted by molar-refractivity contribution is 0.585. The van der Waals surface area contributed by atoms with E-state index in [1.165, 1.54) is 6.07 Å². The number of halogens is 1. The molecule has 0 fully saturated rings. The summed E-state index contributed by atoms with van der Waals surface area (Å²) < 4.78 is 14.7. The Labute approximate surface area is 99.5 Å². The van der Waals surface area contributed by atoms with Crippen molar-refractivity contribution in [2.75, 3.05) is 5.32 Å². The third-order valence-corrected chi connectivity index (χ3v) is 2.33. The molecule has 0 aromatic carbocycles. The highest BCUT2D eigenvalue weighted by atomic mass is 19.1. The van der Waals surface area contributed by atoms with E-state index in [1.54, 1.807) is 12.1 Å². The summed E-state index contributed by atoms with van der Waals surface area (Å²) in [4.78, 5) is 3.73. The van der Waals surface area contributed by atoms with E-state index >= 15 is 0 Å². The fraction of sp³-hybridized carbons (Fsp3) is 0.333. The molecule has 4 nitrogen and oxygen atoms in total. The quantitative estimate of drug-likeness (QED) is 0.808. The van der Waals surface area contributed by atoms with Crippen molar-refractivity contribution >= 4 is 5.82 Å². The van der Waals surface area contributed by atoms with Crippen LogP contribution in [0.3, 0.4) is 0 Å². The fourth-order valence-corrected chi connectivity index (χ4v) is 1.55. The Kier molecular flexibility index (Phi) is 3.69. The van der Waals surface area contributed by atoms with Gasteiger partial charge in [-0.1, -0.05) is 13.0 Å². The zero-order chi connectivity index (χ0) is 12.1. The molecule has 2 rings (SSSR count). The minimum Gasteiger partial charge on any atom is -0.366 e. The van der Waals surface area contributed by atoms with Crippen LogP contribution in [0.4, 0.5) is 10.2 Å². The first-order valence-corrected chi connectivity index (χ1v) is 5.65. The molecule has 90 valence electrons. The van der Waals surface area contributed by atoms with Gasteiger partial charge in [-0.2, -0.15) is 9.49 Å². The van der Waals surface area contributed by atoms with Crippen LogP contribution in [0.25, 0.3) is 0 Å². The second-order valence-corrected chi connectivity index (χ2v) is 3.81. The zero-order valence-corrected chi connectivity index (χ0v) is 9.73. The predicted molar refractivity (Wildman–Crippen MR) is 64.0 cm³/mol. The van der Waals surface area contributed by atoms with Gasteiger partial charge in [0.25, 0.3) is 0 Å². The van der Waals surface area contributed by atoms with Crippen molar-refractivity contribution in [3.63, 3.8) is 0 Å². The molecule has 0 bridgehead atoms. The second kappa shape index (κ2) is 5.43. The van der Waals surface area contributed by atoms with Crippen molar-refractivity contribution in [1.29, 1.82) is 0 Å². The van der Waals surface area contributed by atoms with Gasteiger partial charge < -0.3 is 5.32 Å². The van der Waals surface area contributed by atoms with Crippen LogP contribution >= 0.6 is 0 Å². The van der Waals surface area contributed by atoms with Gasteiger partial charge in [0, 0.05) is 24.8 Å². The molecule has 0 saturated heterocycles. The molecule has 2 aromatic heterocycles. The van der Waals surface area contributed by atoms with Crippen molar-refractivity contribution < 1.29 is 4.39 Å². The van der Waals surface area contributed by atoms with Crippen molar-refractivity contribution in [3.8, 4) is 0 Å². The van der Waals surface area contributed by atoms with Crippen LogP contribution in [0.2, 0.25) is 0 Å². The Hall–Kier alpha value is -1.91. The van der Waals surface area contributed by atoms with E-state index in [-0.39, 0.29) is 0 Å². The van der Waals surface area contributed by atoms with E-state index in [0.717, 1.165) is 18.5 Å². The monoisotopic (exact) mass is 234 g/mol. The minimum atomic E-state index is -0.475. The summed E-state index contributed by atoms with van der Waals surface area (Å²) in [7, 11) is 0. The summed E-state index contributed by atoms with van der Waals surface area (Å²) in [6, 6.07) is 4.69. The smallest absolute Gasteiger partial charge is 0.214 e. The largest absolute Gasteiger partial charge is 0.366 e. The summed E-state index contributed by atoms with van der Waals surface area (Å²) in [5, 5.41) is 7.27. The summed E-state index contributed by atoms with van der Waals surface area (Å²) in [5.74, 6) is 0.0601. The number of aromatic nitrogens is 3. The first kappa shape index (κ1) is 11.6. The van der Waals surface area contributed by atoms with E-state index in [1.807, 2.05) is 17.1 Å². The first-order valence-electron chi connectivity index (χ1n) is 5.65. The Morgan fingerprint density at radius 2 is 2.29 bits per heavy atom. The Morgan fingerprint density at radius 1 is 1.41 bits per heavy atom. The number of hydrogen-bond acceptors (Lipinski definition) is 3. The maximum absolute atomic E-state index is 12.8. The predicted octanol–water partition coefficient (Wildman–Crippen LogP) is 2.44. The number of nitrogens with zero attached hydrogens (tertiary/aromatic N) is 3. The average molecular weight is 234 g/mol. The first-order chi connectivity index (χ1) is 8.28. The van der Waals surface area contributed by atoms with Gasteiger partial charge >= 0.3 is 0 Å². The number of hydrogen-bond donors (Lipinski definition) is 1. The molecule has 0 saturated carbocycles. The zero-order valence-electron chi connectivity index (χ0n) is 9.73. The third-order valence-electron chi connectivity index (χ3n) is 2.33. The summed E-state index contributed by atoms with van der Waals surface area (Å²) in [6.07, 6.45) is 4.84. The Balaban J connectivity index is 1.93. The van der Waals surface area contributed by atoms with Gasteiger partial charge in [0.2, 0.25) is 5.95 Å². The molecule has 0 aliphatic carbocycles. The number of pyridine rings is 1. The molecular weight excluding hydrogens is 219 g/mol. The number of aryl methyl sites for hydroxylation is 1. The van der Waals surface area contributed by atoms with Crippen molar-refractivity contribution in [2.45, 2.75) is 26.4 Å². The standard InChI is InChI=1S/C12H15FN4/c1-2-6-17-9-10(8-15-17)7-14-12-5-3-4-11(13)16-12/h3-5,8-9H,2,6-7H2,1H3,(H,14,16). The van der Waals surface area contributed by atoms with Gasteiger partial charge in [-0.3, -0.25) is 4.68 Å². The molecule has 0 aliphatic heterocycles. The van der Waals surface area contributed by atoms with Crippen molar-refractivity contribution in [3.05, 3.63) is 42.1 Å². The van der Waals surface area contributed by atoms with Crippen LogP contribution in [0.5, 0.6) is 0 Å². The van der Waals surface area contributed by atoms with Gasteiger partial charge in [0.05, 0.1) is 6.20 Å². The molecule has 5 heteroatoms. The average Bonchev–Trinajstić information content (AvgIpc) is 2.75. The molecule has 0 unspecified atom stereocenters. The van der Waals surface area contributed by atoms with Crippen molar-refractivity contribution in [2.24, 2.45) is 0 Å². The summed E-state index contributed by atoms with van der Waals surface area (Å²) in [6.45, 7) is 3.62. The summed E-state index contributed by atoms with van der Waals surface area (Å²) >= 11 is 0. The van der Waals surface area contributed by atoms with E-state index in [4.69, 9.17) is 0 Å². The van der Waals surface area contributed by atoms with Crippen molar-refractivity contribution in [1.82, 2.24) is 14.8 Å². The normalized spacial score (nSPS) is 10.5. The summed E-state index contributed by atoms with van der Waals surface area (Å²) in [5.41, 5.74) is 1.06. The SMILES string of the molecule is CCCn1cc(CNc2cccc(F)n2)cn1. The molecular formula is C12H15FN4. The van der Waals surface area contributed by atoms with Crippen LogP contribution in [-0.2, 0) is 13.1 Å². The van der Waals surface area contributed by atoms with Gasteiger partial charge in [-0.25, -0.2) is 4.98 Å². The van der Waals surface area contributed by atoms with E-state index in [2.05, 4.69) is 22.3 Å². The minimum absolute atomic E-state index is 0.475. The lowest BCUT2D eigenvalue weighted by Gasteiger charge is -2.02. The molecule has 0 spiro atoms. The highest BCUT2D eigenvalue weighted by Crippen LogP contribution is 2.06. The lowest BCUT2D eigenvalue weighted by Crippen LogP contribution is -2.01. The van der Waals surface area contributed by atoms with E-state index < -0.39 is 5.95 Å². The maximum atomic E-state index is 12.8. The number of anilines is 1. The van der Waals surface area contributed by atoms with Crippen LogP contribution in [0.15, 0.2) is 30.6 Å². The van der Waals surface area contributed by atoms with Crippen LogP contribution in [-0.4, -0.2) is 14.8 Å². The van der Waals surface area contributed by atoms with Crippen LogP contribution < -0.4 is 5.32 Å². The van der Waals surface area contributed by atoms with Gasteiger partial charge in [0.15, 0.2) is 0 Å². The highest BCUT2D eigenvalue weighted by molar-refractivity contribution is 5.34. The number of rotatable bonds is 5. The molecule has 0 radical (unpaired) electrons. The number of nitrogens with one attached hydrogen (secondary N) is 1. The molecule has 17 heavy (non-hydrogen) atoms. The molecule has 0 atom stereocenters. The molecule has 0 aliphatic rings. The molecule has 2 aromatic rings. The topological polar surface area (TPSA) is 42.7 Å². The Morgan fingerprint density at radius 3 is 3.06 bits per heavy atom. The third kappa shape index (κ3) is 3.27. The van der Waals surface area contributed by atoms with E-state index in [9.17, 15) is 4.39 Å². The van der Waals surface area contributed by atoms with Gasteiger partial charge in [0.1, 0.15) is 5.82 Å². The van der Waals surface area contributed by atoms with Gasteiger partial charge in [-0.05, 0) is 18.6 Å². The highest BCUT2D eigenvalue weighted by Gasteiger charge is 1.99.